The molecule has 1 rings (SSSR count). The molecule has 16 heavy (non-hydrogen) atoms. The van der Waals surface area contributed by atoms with Gasteiger partial charge in [0.1, 0.15) is 12.4 Å². The molecule has 74 valence electrons. The van der Waals surface area contributed by atoms with Crippen LogP contribution in [0.2, 0.25) is 0 Å². The molecule has 1 aromatic rings. The average Bonchev–Trinajstić information content (AvgIpc) is 2.25. The zero-order valence-corrected chi connectivity index (χ0v) is 13.7. The maximum atomic E-state index is 10.6. The van der Waals surface area contributed by atoms with E-state index in [1.54, 1.807) is 18.2 Å². The minimum absolute atomic E-state index is 0. The van der Waals surface area contributed by atoms with Crippen molar-refractivity contribution in [3.63, 3.8) is 0 Å². The van der Waals surface area contributed by atoms with Crippen LogP contribution in [0.5, 0.6) is 5.75 Å². The molecule has 0 fully saturated rings. The van der Waals surface area contributed by atoms with Crippen molar-refractivity contribution in [3.8, 4) is 18.1 Å². The van der Waals surface area contributed by atoms with E-state index in [-0.39, 0.29) is 78.9 Å². The molecule has 0 amide bonds. The van der Waals surface area contributed by atoms with E-state index in [9.17, 15) is 10.2 Å². The number of benzene rings is 1. The summed E-state index contributed by atoms with van der Waals surface area (Å²) >= 11 is 0. The Morgan fingerprint density at radius 3 is 1.94 bits per heavy atom. The average molecular weight is 236 g/mol. The van der Waals surface area contributed by atoms with E-state index in [4.69, 9.17) is 11.2 Å². The second kappa shape index (κ2) is 10.6. The summed E-state index contributed by atoms with van der Waals surface area (Å²) in [5, 5.41) is 21.3. The number of ether oxygens (including phenoxy) is 1. The fourth-order valence-corrected chi connectivity index (χ4v) is 1.10. The molecular weight excluding hydrogens is 226 g/mol. The van der Waals surface area contributed by atoms with Crippen LogP contribution < -0.4 is 74.1 Å². The normalized spacial score (nSPS) is 8.31. The molecule has 0 saturated carbocycles. The van der Waals surface area contributed by atoms with Crippen molar-refractivity contribution in [2.24, 2.45) is 0 Å². The Hall–Kier alpha value is 0.500. The van der Waals surface area contributed by atoms with Crippen LogP contribution in [0.4, 0.5) is 0 Å². The van der Waals surface area contributed by atoms with Crippen molar-refractivity contribution in [1.29, 1.82) is 0 Å². The monoisotopic (exact) mass is 236 g/mol. The van der Waals surface area contributed by atoms with Gasteiger partial charge in [-0.15, -0.1) is 19.6 Å². The molecule has 0 atom stereocenters. The molecule has 0 spiro atoms. The molecule has 0 N–H and O–H groups in total. The van der Waals surface area contributed by atoms with Crippen LogP contribution in [0.3, 0.4) is 0 Å². The number of terminal acetylenes is 1. The molecule has 0 aliphatic heterocycles. The Kier molecular flexibility index (Phi) is 12.5. The van der Waals surface area contributed by atoms with Crippen LogP contribution in [-0.4, -0.2) is 6.61 Å². The van der Waals surface area contributed by atoms with Gasteiger partial charge in [0.2, 0.25) is 0 Å². The Balaban J connectivity index is 0. The van der Waals surface area contributed by atoms with Crippen LogP contribution >= 0.6 is 0 Å². The molecule has 1 aromatic carbocycles. The molecule has 5 heteroatoms. The first kappa shape index (κ1) is 18.9. The largest absolute Gasteiger partial charge is 1.00 e. The van der Waals surface area contributed by atoms with Crippen molar-refractivity contribution < 1.29 is 74.1 Å². The van der Waals surface area contributed by atoms with Crippen LogP contribution in [0, 0.1) is 12.3 Å². The van der Waals surface area contributed by atoms with Crippen molar-refractivity contribution in [1.82, 2.24) is 0 Å². The van der Waals surface area contributed by atoms with Crippen molar-refractivity contribution in [2.75, 3.05) is 6.61 Å². The fourth-order valence-electron chi connectivity index (χ4n) is 1.10. The van der Waals surface area contributed by atoms with Gasteiger partial charge in [-0.3, -0.25) is 0 Å². The number of rotatable bonds is 4. The molecule has 0 aliphatic rings. The van der Waals surface area contributed by atoms with Gasteiger partial charge in [0.25, 0.3) is 0 Å². The summed E-state index contributed by atoms with van der Waals surface area (Å²) < 4.78 is 5.13. The van der Waals surface area contributed by atoms with Crippen molar-refractivity contribution >= 4 is 0 Å². The van der Waals surface area contributed by atoms with E-state index in [1.807, 2.05) is 0 Å². The Morgan fingerprint density at radius 1 is 1.06 bits per heavy atom. The van der Waals surface area contributed by atoms with E-state index in [1.165, 1.54) is 0 Å². The molecule has 0 heterocycles. The summed E-state index contributed by atoms with van der Waals surface area (Å²) in [6.45, 7) is -0.582. The van der Waals surface area contributed by atoms with Gasteiger partial charge in [0.15, 0.2) is 0 Å². The van der Waals surface area contributed by atoms with Gasteiger partial charge < -0.3 is 14.9 Å². The maximum Gasteiger partial charge on any atom is 1.00 e. The molecule has 0 aliphatic carbocycles. The summed E-state index contributed by atoms with van der Waals surface area (Å²) in [6.07, 6.45) is 5.02. The predicted octanol–water partition coefficient (Wildman–Crippen LogP) is -6.57. The first-order valence-electron chi connectivity index (χ1n) is 4.15. The third-order valence-electron chi connectivity index (χ3n) is 1.68. The smallest absolute Gasteiger partial charge is 0.851 e. The summed E-state index contributed by atoms with van der Waals surface area (Å²) in [5.41, 5.74) is 1.09. The SMILES string of the molecule is C#CCOc1cc(C[O-])cc(C[O-])c1.[Na+].[Na+]. The predicted molar refractivity (Wildman–Crippen MR) is 48.2 cm³/mol. The first-order valence-corrected chi connectivity index (χ1v) is 4.15. The van der Waals surface area contributed by atoms with Crippen LogP contribution in [0.25, 0.3) is 0 Å². The van der Waals surface area contributed by atoms with Crippen LogP contribution in [0.1, 0.15) is 11.1 Å². The maximum absolute atomic E-state index is 10.6. The standard InChI is InChI=1S/C11H10O3.2Na/c1-2-3-14-11-5-9(7-12)4-10(6-11)8-13;;/h1,4-6H,3,7-8H2;;/q-2;2*+1. The third-order valence-corrected chi connectivity index (χ3v) is 1.68. The Morgan fingerprint density at radius 2 is 1.56 bits per heavy atom. The number of hydrogen-bond donors (Lipinski definition) is 0. The van der Waals surface area contributed by atoms with Crippen LogP contribution in [-0.2, 0) is 13.2 Å². The molecule has 0 saturated heterocycles. The molecule has 0 bridgehead atoms. The minimum Gasteiger partial charge on any atom is -0.851 e. The van der Waals surface area contributed by atoms with Gasteiger partial charge in [0, 0.05) is 0 Å². The topological polar surface area (TPSA) is 55.3 Å². The second-order valence-electron chi connectivity index (χ2n) is 2.77. The van der Waals surface area contributed by atoms with E-state index in [0.29, 0.717) is 16.9 Å². The molecule has 3 nitrogen and oxygen atoms in total. The van der Waals surface area contributed by atoms with Crippen molar-refractivity contribution in [3.05, 3.63) is 29.3 Å². The van der Waals surface area contributed by atoms with E-state index in [2.05, 4.69) is 5.92 Å². The third kappa shape index (κ3) is 6.29. The van der Waals surface area contributed by atoms with Gasteiger partial charge in [-0.05, 0) is 12.1 Å². The zero-order valence-electron chi connectivity index (χ0n) is 9.66. The van der Waals surface area contributed by atoms with Crippen LogP contribution in [0.15, 0.2) is 18.2 Å². The summed E-state index contributed by atoms with van der Waals surface area (Å²) in [4.78, 5) is 0. The molecule has 0 aromatic heterocycles. The number of hydrogen-bond acceptors (Lipinski definition) is 3. The van der Waals surface area contributed by atoms with E-state index in [0.717, 1.165) is 0 Å². The Bertz CT molecular complexity index is 325. The quantitative estimate of drug-likeness (QED) is 0.386. The van der Waals surface area contributed by atoms with E-state index >= 15 is 0 Å². The van der Waals surface area contributed by atoms with Gasteiger partial charge >= 0.3 is 59.1 Å². The zero-order chi connectivity index (χ0) is 10.4. The fraction of sp³-hybridized carbons (Fsp3) is 0.273. The van der Waals surface area contributed by atoms with Gasteiger partial charge in [-0.25, -0.2) is 0 Å². The van der Waals surface area contributed by atoms with Gasteiger partial charge in [-0.2, -0.15) is 0 Å². The molecular formula is C11H10Na2O3. The molecule has 0 unspecified atom stereocenters. The molecule has 0 radical (unpaired) electrons. The summed E-state index contributed by atoms with van der Waals surface area (Å²) in [5.74, 6) is 2.80. The Labute approximate surface area is 140 Å². The van der Waals surface area contributed by atoms with Gasteiger partial charge in [0.05, 0.1) is 0 Å². The van der Waals surface area contributed by atoms with Gasteiger partial charge in [-0.1, -0.05) is 23.1 Å². The second-order valence-corrected chi connectivity index (χ2v) is 2.77. The van der Waals surface area contributed by atoms with Crippen molar-refractivity contribution in [2.45, 2.75) is 13.2 Å². The van der Waals surface area contributed by atoms with E-state index < -0.39 is 0 Å². The summed E-state index contributed by atoms with van der Waals surface area (Å²) in [6, 6.07) is 4.79. The first-order chi connectivity index (χ1) is 6.80. The minimum atomic E-state index is -0.361. The summed E-state index contributed by atoms with van der Waals surface area (Å²) in [7, 11) is 0.